The van der Waals surface area contributed by atoms with Crippen molar-refractivity contribution >= 4 is 21.8 Å². The van der Waals surface area contributed by atoms with Gasteiger partial charge in [-0.2, -0.15) is 5.10 Å². The standard InChI is InChI=1S/C9H14BrN3O/c10-4-2-1-3-9(14)11-5-8-6-12-13-7-8/h6-7H,1-5H2,(H,11,14)(H,12,13). The maximum atomic E-state index is 11.3. The summed E-state index contributed by atoms with van der Waals surface area (Å²) >= 11 is 3.33. The summed E-state index contributed by atoms with van der Waals surface area (Å²) < 4.78 is 0. The van der Waals surface area contributed by atoms with Crippen LogP contribution in [0.5, 0.6) is 0 Å². The second kappa shape index (κ2) is 6.59. The quantitative estimate of drug-likeness (QED) is 0.602. The molecule has 2 N–H and O–H groups in total. The van der Waals surface area contributed by atoms with Gasteiger partial charge in [0, 0.05) is 30.1 Å². The lowest BCUT2D eigenvalue weighted by Gasteiger charge is -2.02. The van der Waals surface area contributed by atoms with Crippen molar-refractivity contribution in [2.75, 3.05) is 5.33 Å². The van der Waals surface area contributed by atoms with E-state index in [0.717, 1.165) is 23.7 Å². The van der Waals surface area contributed by atoms with Crippen LogP contribution in [0.3, 0.4) is 0 Å². The molecule has 4 nitrogen and oxygen atoms in total. The summed E-state index contributed by atoms with van der Waals surface area (Å²) in [5.74, 6) is 0.104. The van der Waals surface area contributed by atoms with Gasteiger partial charge < -0.3 is 5.32 Å². The van der Waals surface area contributed by atoms with Gasteiger partial charge in [-0.05, 0) is 12.8 Å². The van der Waals surface area contributed by atoms with Crippen LogP contribution in [-0.4, -0.2) is 21.4 Å². The van der Waals surface area contributed by atoms with Crippen molar-refractivity contribution in [1.82, 2.24) is 15.5 Å². The van der Waals surface area contributed by atoms with Gasteiger partial charge in [0.05, 0.1) is 6.20 Å². The number of aromatic nitrogens is 2. The predicted molar refractivity (Wildman–Crippen MR) is 58.1 cm³/mol. The average Bonchev–Trinajstić information content (AvgIpc) is 2.68. The van der Waals surface area contributed by atoms with Crippen LogP contribution in [-0.2, 0) is 11.3 Å². The molecular weight excluding hydrogens is 246 g/mol. The Kier molecular flexibility index (Phi) is 5.29. The van der Waals surface area contributed by atoms with Crippen LogP contribution in [0.2, 0.25) is 0 Å². The molecule has 78 valence electrons. The van der Waals surface area contributed by atoms with E-state index in [-0.39, 0.29) is 5.91 Å². The molecule has 1 amide bonds. The average molecular weight is 260 g/mol. The number of nitrogens with zero attached hydrogens (tertiary/aromatic N) is 1. The zero-order chi connectivity index (χ0) is 10.2. The first kappa shape index (κ1) is 11.2. The molecule has 0 atom stereocenters. The highest BCUT2D eigenvalue weighted by Gasteiger charge is 2.00. The van der Waals surface area contributed by atoms with Crippen molar-refractivity contribution in [3.05, 3.63) is 18.0 Å². The van der Waals surface area contributed by atoms with Crippen LogP contribution in [0.4, 0.5) is 0 Å². The Balaban J connectivity index is 2.09. The lowest BCUT2D eigenvalue weighted by molar-refractivity contribution is -0.121. The van der Waals surface area contributed by atoms with Gasteiger partial charge in [0.15, 0.2) is 0 Å². The van der Waals surface area contributed by atoms with Crippen LogP contribution >= 0.6 is 15.9 Å². The lowest BCUT2D eigenvalue weighted by atomic mass is 10.2. The molecule has 1 rings (SSSR count). The van der Waals surface area contributed by atoms with Crippen LogP contribution < -0.4 is 5.32 Å². The Hall–Kier alpha value is -0.840. The van der Waals surface area contributed by atoms with Crippen LogP contribution in [0.25, 0.3) is 0 Å². The summed E-state index contributed by atoms with van der Waals surface area (Å²) in [5.41, 5.74) is 0.999. The largest absolute Gasteiger partial charge is 0.352 e. The molecule has 0 saturated carbocycles. The predicted octanol–water partition coefficient (Wildman–Crippen LogP) is 1.59. The number of unbranched alkanes of at least 4 members (excludes halogenated alkanes) is 1. The zero-order valence-electron chi connectivity index (χ0n) is 7.92. The molecule has 5 heteroatoms. The van der Waals surface area contributed by atoms with E-state index in [2.05, 4.69) is 31.4 Å². The van der Waals surface area contributed by atoms with E-state index in [9.17, 15) is 4.79 Å². The fourth-order valence-electron chi connectivity index (χ4n) is 1.04. The molecule has 0 saturated heterocycles. The van der Waals surface area contributed by atoms with Gasteiger partial charge in [0.2, 0.25) is 5.91 Å². The number of hydrogen-bond acceptors (Lipinski definition) is 2. The summed E-state index contributed by atoms with van der Waals surface area (Å²) in [7, 11) is 0. The Bertz CT molecular complexity index is 261. The number of H-pyrrole nitrogens is 1. The van der Waals surface area contributed by atoms with Gasteiger partial charge in [-0.15, -0.1) is 0 Å². The topological polar surface area (TPSA) is 57.8 Å². The number of alkyl halides is 1. The molecule has 0 aliphatic rings. The molecule has 0 aliphatic carbocycles. The summed E-state index contributed by atoms with van der Waals surface area (Å²) in [5, 5.41) is 10.3. The van der Waals surface area contributed by atoms with Crippen molar-refractivity contribution < 1.29 is 4.79 Å². The minimum absolute atomic E-state index is 0.104. The molecule has 14 heavy (non-hydrogen) atoms. The van der Waals surface area contributed by atoms with Crippen molar-refractivity contribution in [3.63, 3.8) is 0 Å². The Morgan fingerprint density at radius 2 is 2.43 bits per heavy atom. The first-order valence-electron chi connectivity index (χ1n) is 4.63. The van der Waals surface area contributed by atoms with E-state index in [1.165, 1.54) is 0 Å². The van der Waals surface area contributed by atoms with Crippen LogP contribution in [0, 0.1) is 0 Å². The minimum Gasteiger partial charge on any atom is -0.352 e. The number of carbonyl (C=O) groups is 1. The van der Waals surface area contributed by atoms with Crippen molar-refractivity contribution in [2.24, 2.45) is 0 Å². The second-order valence-electron chi connectivity index (χ2n) is 3.03. The summed E-state index contributed by atoms with van der Waals surface area (Å²) in [6.45, 7) is 0.559. The number of rotatable bonds is 6. The SMILES string of the molecule is O=C(CCCCBr)NCc1cn[nH]c1. The number of halogens is 1. The normalized spacial score (nSPS) is 10.1. The fourth-order valence-corrected chi connectivity index (χ4v) is 1.44. The van der Waals surface area contributed by atoms with Gasteiger partial charge in [0.25, 0.3) is 0 Å². The Morgan fingerprint density at radius 1 is 1.57 bits per heavy atom. The number of nitrogens with one attached hydrogen (secondary N) is 2. The molecule has 0 aliphatic heterocycles. The number of amides is 1. The lowest BCUT2D eigenvalue weighted by Crippen LogP contribution is -2.22. The highest BCUT2D eigenvalue weighted by atomic mass is 79.9. The summed E-state index contributed by atoms with van der Waals surface area (Å²) in [4.78, 5) is 11.3. The Morgan fingerprint density at radius 3 is 3.07 bits per heavy atom. The zero-order valence-corrected chi connectivity index (χ0v) is 9.51. The summed E-state index contributed by atoms with van der Waals surface area (Å²) in [6.07, 6.45) is 6.06. The summed E-state index contributed by atoms with van der Waals surface area (Å²) in [6, 6.07) is 0. The molecular formula is C9H14BrN3O. The van der Waals surface area contributed by atoms with Gasteiger partial charge in [-0.3, -0.25) is 9.89 Å². The van der Waals surface area contributed by atoms with Crippen LogP contribution in [0.1, 0.15) is 24.8 Å². The molecule has 0 fully saturated rings. The number of hydrogen-bond donors (Lipinski definition) is 2. The highest BCUT2D eigenvalue weighted by molar-refractivity contribution is 9.09. The molecule has 0 aromatic carbocycles. The van der Waals surface area contributed by atoms with Gasteiger partial charge in [0.1, 0.15) is 0 Å². The first-order chi connectivity index (χ1) is 6.83. The molecule has 0 radical (unpaired) electrons. The van der Waals surface area contributed by atoms with E-state index in [4.69, 9.17) is 0 Å². The maximum Gasteiger partial charge on any atom is 0.220 e. The number of carbonyl (C=O) groups excluding carboxylic acids is 1. The molecule has 1 aromatic rings. The van der Waals surface area contributed by atoms with Gasteiger partial charge in [-0.25, -0.2) is 0 Å². The molecule has 1 aromatic heterocycles. The smallest absolute Gasteiger partial charge is 0.220 e. The van der Waals surface area contributed by atoms with Gasteiger partial charge in [-0.1, -0.05) is 15.9 Å². The minimum atomic E-state index is 0.104. The molecule has 0 unspecified atom stereocenters. The molecule has 1 heterocycles. The van der Waals surface area contributed by atoms with Crippen molar-refractivity contribution in [2.45, 2.75) is 25.8 Å². The third-order valence-electron chi connectivity index (χ3n) is 1.83. The third-order valence-corrected chi connectivity index (χ3v) is 2.39. The van der Waals surface area contributed by atoms with Crippen LogP contribution in [0.15, 0.2) is 12.4 Å². The monoisotopic (exact) mass is 259 g/mol. The Labute approximate surface area is 91.6 Å². The molecule has 0 spiro atoms. The van der Waals surface area contributed by atoms with E-state index >= 15 is 0 Å². The first-order valence-corrected chi connectivity index (χ1v) is 5.75. The van der Waals surface area contributed by atoms with Gasteiger partial charge >= 0.3 is 0 Å². The van der Waals surface area contributed by atoms with Crippen molar-refractivity contribution in [3.8, 4) is 0 Å². The van der Waals surface area contributed by atoms with E-state index in [0.29, 0.717) is 13.0 Å². The highest BCUT2D eigenvalue weighted by Crippen LogP contribution is 1.99. The van der Waals surface area contributed by atoms with E-state index in [1.807, 2.05) is 0 Å². The van der Waals surface area contributed by atoms with E-state index in [1.54, 1.807) is 12.4 Å². The second-order valence-corrected chi connectivity index (χ2v) is 3.82. The number of aromatic amines is 1. The van der Waals surface area contributed by atoms with Crippen molar-refractivity contribution in [1.29, 1.82) is 0 Å². The molecule has 0 bridgehead atoms. The fraction of sp³-hybridized carbons (Fsp3) is 0.556. The van der Waals surface area contributed by atoms with E-state index < -0.39 is 0 Å². The third kappa shape index (κ3) is 4.41. The maximum absolute atomic E-state index is 11.3.